The molecule has 90 valence electrons. The molecule has 17 heavy (non-hydrogen) atoms. The van der Waals surface area contributed by atoms with Crippen LogP contribution in [0.25, 0.3) is 5.57 Å². The molecule has 0 aromatic carbocycles. The number of halogens is 1. The number of allylic oxidation sites excluding steroid dienone is 1. The van der Waals surface area contributed by atoms with Crippen LogP contribution in [0, 0.1) is 11.8 Å². The molecular formula is C14H17ClN2. The van der Waals surface area contributed by atoms with Gasteiger partial charge in [-0.25, -0.2) is 4.98 Å². The van der Waals surface area contributed by atoms with Gasteiger partial charge < -0.3 is 4.90 Å². The van der Waals surface area contributed by atoms with Crippen molar-refractivity contribution in [2.24, 2.45) is 11.8 Å². The van der Waals surface area contributed by atoms with Crippen LogP contribution in [-0.4, -0.2) is 30.0 Å². The summed E-state index contributed by atoms with van der Waals surface area (Å²) in [5.41, 5.74) is 2.71. The highest BCUT2D eigenvalue weighted by atomic mass is 35.5. The van der Waals surface area contributed by atoms with Gasteiger partial charge in [-0.05, 0) is 48.9 Å². The Bertz CT molecular complexity index is 438. The van der Waals surface area contributed by atoms with Crippen molar-refractivity contribution in [3.05, 3.63) is 35.1 Å². The number of hydrogen-bond donors (Lipinski definition) is 0. The summed E-state index contributed by atoms with van der Waals surface area (Å²) in [4.78, 5) is 6.63. The van der Waals surface area contributed by atoms with Crippen LogP contribution in [0.15, 0.2) is 24.4 Å². The molecule has 2 atom stereocenters. The summed E-state index contributed by atoms with van der Waals surface area (Å²) >= 11 is 5.83. The van der Waals surface area contributed by atoms with Crippen molar-refractivity contribution in [3.63, 3.8) is 0 Å². The second-order valence-electron chi connectivity index (χ2n) is 5.35. The molecule has 3 rings (SSSR count). The molecule has 3 heteroatoms. The Balaban J connectivity index is 1.87. The Morgan fingerprint density at radius 1 is 1.35 bits per heavy atom. The molecule has 2 nitrogen and oxygen atoms in total. The zero-order chi connectivity index (χ0) is 11.8. The van der Waals surface area contributed by atoms with Crippen LogP contribution >= 0.6 is 11.6 Å². The van der Waals surface area contributed by atoms with Gasteiger partial charge in [0.05, 0.1) is 0 Å². The van der Waals surface area contributed by atoms with Crippen LogP contribution in [0.3, 0.4) is 0 Å². The highest BCUT2D eigenvalue weighted by Gasteiger charge is 2.29. The Hall–Kier alpha value is -0.860. The van der Waals surface area contributed by atoms with Gasteiger partial charge in [-0.3, -0.25) is 0 Å². The Kier molecular flexibility index (Phi) is 2.93. The Morgan fingerprint density at radius 3 is 2.94 bits per heavy atom. The summed E-state index contributed by atoms with van der Waals surface area (Å²) in [5.74, 6) is 1.53. The fourth-order valence-corrected chi connectivity index (χ4v) is 3.32. The third kappa shape index (κ3) is 2.38. The van der Waals surface area contributed by atoms with Crippen molar-refractivity contribution in [2.45, 2.75) is 12.8 Å². The topological polar surface area (TPSA) is 16.1 Å². The van der Waals surface area contributed by atoms with E-state index in [1.165, 1.54) is 37.1 Å². The second-order valence-corrected chi connectivity index (χ2v) is 5.74. The number of aromatic nitrogens is 1. The van der Waals surface area contributed by atoms with Crippen LogP contribution in [0.2, 0.25) is 5.15 Å². The first kappa shape index (κ1) is 11.2. The molecule has 2 heterocycles. The average molecular weight is 249 g/mol. The molecule has 2 bridgehead atoms. The van der Waals surface area contributed by atoms with Gasteiger partial charge >= 0.3 is 0 Å². The smallest absolute Gasteiger partial charge is 0.129 e. The van der Waals surface area contributed by atoms with Gasteiger partial charge in [-0.15, -0.1) is 0 Å². The van der Waals surface area contributed by atoms with Gasteiger partial charge in [0.2, 0.25) is 0 Å². The number of fused-ring (bicyclic) bond motifs is 2. The van der Waals surface area contributed by atoms with Gasteiger partial charge in [0, 0.05) is 19.3 Å². The fraction of sp³-hybridized carbons (Fsp3) is 0.500. The van der Waals surface area contributed by atoms with E-state index in [2.05, 4.69) is 29.1 Å². The van der Waals surface area contributed by atoms with Crippen LogP contribution < -0.4 is 0 Å². The Morgan fingerprint density at radius 2 is 2.24 bits per heavy atom. The number of hydrogen-bond acceptors (Lipinski definition) is 2. The van der Waals surface area contributed by atoms with Gasteiger partial charge in [0.1, 0.15) is 5.15 Å². The van der Waals surface area contributed by atoms with Crippen LogP contribution in [-0.2, 0) is 0 Å². The van der Waals surface area contributed by atoms with E-state index in [9.17, 15) is 0 Å². The van der Waals surface area contributed by atoms with Crippen molar-refractivity contribution >= 4 is 17.2 Å². The highest BCUT2D eigenvalue weighted by molar-refractivity contribution is 6.29. The first-order valence-electron chi connectivity index (χ1n) is 6.22. The van der Waals surface area contributed by atoms with Crippen molar-refractivity contribution in [3.8, 4) is 0 Å². The van der Waals surface area contributed by atoms with E-state index in [1.807, 2.05) is 12.3 Å². The fourth-order valence-electron chi connectivity index (χ4n) is 3.20. The molecule has 0 N–H and O–H groups in total. The first-order valence-corrected chi connectivity index (χ1v) is 6.59. The normalized spacial score (nSPS) is 28.9. The SMILES string of the molecule is CN1C[C@H]2C=C(c3ccc(Cl)nc3)C[C@H](C2)C1. The summed E-state index contributed by atoms with van der Waals surface area (Å²) in [7, 11) is 2.22. The second kappa shape index (κ2) is 4.43. The molecule has 0 saturated carbocycles. The highest BCUT2D eigenvalue weighted by Crippen LogP contribution is 2.37. The largest absolute Gasteiger partial charge is 0.305 e. The molecule has 1 aliphatic carbocycles. The number of piperidine rings is 1. The lowest BCUT2D eigenvalue weighted by Crippen LogP contribution is -2.39. The third-order valence-corrected chi connectivity index (χ3v) is 4.02. The number of pyridine rings is 1. The predicted molar refractivity (Wildman–Crippen MR) is 70.9 cm³/mol. The van der Waals surface area contributed by atoms with Crippen molar-refractivity contribution in [2.75, 3.05) is 20.1 Å². The molecule has 2 aliphatic rings. The molecule has 0 amide bonds. The zero-order valence-electron chi connectivity index (χ0n) is 10.1. The number of rotatable bonds is 1. The molecule has 0 radical (unpaired) electrons. The minimum absolute atomic E-state index is 0.574. The van der Waals surface area contributed by atoms with Gasteiger partial charge in [-0.1, -0.05) is 23.7 Å². The quantitative estimate of drug-likeness (QED) is 0.710. The van der Waals surface area contributed by atoms with Crippen molar-refractivity contribution < 1.29 is 0 Å². The average Bonchev–Trinajstić information content (AvgIpc) is 2.28. The van der Waals surface area contributed by atoms with Crippen LogP contribution in [0.1, 0.15) is 18.4 Å². The molecule has 0 unspecified atom stereocenters. The lowest BCUT2D eigenvalue weighted by Gasteiger charge is -2.38. The molecule has 1 aliphatic heterocycles. The van der Waals surface area contributed by atoms with Crippen molar-refractivity contribution in [1.82, 2.24) is 9.88 Å². The maximum atomic E-state index is 5.83. The molecular weight excluding hydrogens is 232 g/mol. The van der Waals surface area contributed by atoms with E-state index in [0.29, 0.717) is 5.15 Å². The van der Waals surface area contributed by atoms with E-state index in [-0.39, 0.29) is 0 Å². The number of nitrogens with zero attached hydrogens (tertiary/aromatic N) is 2. The van der Waals surface area contributed by atoms with Gasteiger partial charge in [0.25, 0.3) is 0 Å². The van der Waals surface area contributed by atoms with Gasteiger partial charge in [0.15, 0.2) is 0 Å². The monoisotopic (exact) mass is 248 g/mol. The molecule has 1 aromatic rings. The summed E-state index contributed by atoms with van der Waals surface area (Å²) in [5, 5.41) is 0.574. The van der Waals surface area contributed by atoms with Gasteiger partial charge in [-0.2, -0.15) is 0 Å². The third-order valence-electron chi connectivity index (χ3n) is 3.80. The van der Waals surface area contributed by atoms with E-state index < -0.39 is 0 Å². The lowest BCUT2D eigenvalue weighted by atomic mass is 9.77. The minimum atomic E-state index is 0.574. The minimum Gasteiger partial charge on any atom is -0.305 e. The number of likely N-dealkylation sites (tertiary alicyclic amines) is 1. The van der Waals surface area contributed by atoms with Crippen LogP contribution in [0.5, 0.6) is 0 Å². The first-order chi connectivity index (χ1) is 8.20. The maximum Gasteiger partial charge on any atom is 0.129 e. The zero-order valence-corrected chi connectivity index (χ0v) is 10.8. The van der Waals surface area contributed by atoms with E-state index in [4.69, 9.17) is 11.6 Å². The molecule has 0 spiro atoms. The predicted octanol–water partition coefficient (Wildman–Crippen LogP) is 3.09. The summed E-state index contributed by atoms with van der Waals surface area (Å²) in [6, 6.07) is 3.97. The maximum absolute atomic E-state index is 5.83. The summed E-state index contributed by atoms with van der Waals surface area (Å²) in [6.07, 6.45) is 6.88. The lowest BCUT2D eigenvalue weighted by molar-refractivity contribution is 0.170. The molecule has 1 aromatic heterocycles. The summed E-state index contributed by atoms with van der Waals surface area (Å²) in [6.45, 7) is 2.43. The van der Waals surface area contributed by atoms with Crippen molar-refractivity contribution in [1.29, 1.82) is 0 Å². The summed E-state index contributed by atoms with van der Waals surface area (Å²) < 4.78 is 0. The van der Waals surface area contributed by atoms with E-state index in [0.717, 1.165) is 11.8 Å². The standard InChI is InChI=1S/C14H17ClN2/c1-17-8-10-4-11(9-17)6-13(5-10)12-2-3-14(15)16-7-12/h2-3,5,7,10-11H,4,6,8-9H2,1H3/t10-,11+/m1/s1. The Labute approximate surface area is 107 Å². The van der Waals surface area contributed by atoms with E-state index in [1.54, 1.807) is 0 Å². The van der Waals surface area contributed by atoms with E-state index >= 15 is 0 Å². The molecule has 1 fully saturated rings. The molecule has 1 saturated heterocycles. The van der Waals surface area contributed by atoms with Crippen LogP contribution in [0.4, 0.5) is 0 Å².